The monoisotopic (exact) mass is 337 g/mol. The van der Waals surface area contributed by atoms with E-state index >= 15 is 0 Å². The molecule has 0 bridgehead atoms. The lowest BCUT2D eigenvalue weighted by atomic mass is 9.84. The molecule has 1 aliphatic rings. The van der Waals surface area contributed by atoms with Gasteiger partial charge in [0.1, 0.15) is 0 Å². The predicted octanol–water partition coefficient (Wildman–Crippen LogP) is 5.01. The molecule has 0 atom stereocenters. The second kappa shape index (κ2) is 5.95. The van der Waals surface area contributed by atoms with Crippen LogP contribution < -0.4 is 0 Å². The quantitative estimate of drug-likeness (QED) is 0.515. The van der Waals surface area contributed by atoms with Gasteiger partial charge < -0.3 is 0 Å². The molecule has 0 saturated carbocycles. The number of benzene rings is 2. The third-order valence-electron chi connectivity index (χ3n) is 5.26. The Morgan fingerprint density at radius 1 is 0.846 bits per heavy atom. The molecule has 0 spiro atoms. The van der Waals surface area contributed by atoms with Crippen LogP contribution in [-0.2, 0) is 12.8 Å². The van der Waals surface area contributed by atoms with Gasteiger partial charge in [0.2, 0.25) is 0 Å². The average Bonchev–Trinajstić information content (AvgIpc) is 3.23. The highest BCUT2D eigenvalue weighted by Crippen LogP contribution is 2.37. The number of nitrogens with zero attached hydrogens (tertiary/aromatic N) is 3. The standard InChI is InChI=1S/C23H19N3/c1-16-21-9-8-17-6-7-19(15-23(17)22(21)10-12-24-16)18-4-2-5-20(14-18)26-13-3-11-25-26/h2-7,10-15H,8-9H2,1H3. The molecule has 3 heteroatoms. The zero-order valence-corrected chi connectivity index (χ0v) is 14.7. The molecule has 1 aliphatic carbocycles. The molecule has 0 N–H and O–H groups in total. The van der Waals surface area contributed by atoms with Crippen LogP contribution in [0.1, 0.15) is 16.8 Å². The Hall–Kier alpha value is -3.20. The van der Waals surface area contributed by atoms with Crippen LogP contribution in [0.2, 0.25) is 0 Å². The maximum atomic E-state index is 4.48. The fourth-order valence-corrected chi connectivity index (χ4v) is 3.90. The lowest BCUT2D eigenvalue weighted by Crippen LogP contribution is -2.07. The third-order valence-corrected chi connectivity index (χ3v) is 5.26. The van der Waals surface area contributed by atoms with Gasteiger partial charge in [-0.1, -0.05) is 24.3 Å². The van der Waals surface area contributed by atoms with Crippen LogP contribution in [0, 0.1) is 6.92 Å². The summed E-state index contributed by atoms with van der Waals surface area (Å²) in [6.45, 7) is 2.11. The minimum absolute atomic E-state index is 1.07. The zero-order chi connectivity index (χ0) is 17.5. The fraction of sp³-hybridized carbons (Fsp3) is 0.130. The van der Waals surface area contributed by atoms with E-state index in [4.69, 9.17) is 0 Å². The van der Waals surface area contributed by atoms with E-state index < -0.39 is 0 Å². The molecule has 26 heavy (non-hydrogen) atoms. The first-order chi connectivity index (χ1) is 12.8. The Kier molecular flexibility index (Phi) is 3.45. The summed E-state index contributed by atoms with van der Waals surface area (Å²) in [5.74, 6) is 0. The number of hydrogen-bond acceptors (Lipinski definition) is 2. The van der Waals surface area contributed by atoms with Gasteiger partial charge in [-0.25, -0.2) is 4.68 Å². The summed E-state index contributed by atoms with van der Waals surface area (Å²) in [5.41, 5.74) is 10.2. The lowest BCUT2D eigenvalue weighted by molar-refractivity contribution is 0.881. The normalized spacial score (nSPS) is 12.5. The highest BCUT2D eigenvalue weighted by Gasteiger charge is 2.18. The Morgan fingerprint density at radius 3 is 2.65 bits per heavy atom. The predicted molar refractivity (Wildman–Crippen MR) is 104 cm³/mol. The zero-order valence-electron chi connectivity index (χ0n) is 14.7. The van der Waals surface area contributed by atoms with Crippen molar-refractivity contribution in [1.29, 1.82) is 0 Å². The number of rotatable bonds is 2. The Balaban J connectivity index is 1.63. The van der Waals surface area contributed by atoms with Gasteiger partial charge in [-0.05, 0) is 83.5 Å². The van der Waals surface area contributed by atoms with Gasteiger partial charge in [-0.3, -0.25) is 4.98 Å². The van der Waals surface area contributed by atoms with E-state index in [1.54, 1.807) is 6.20 Å². The SMILES string of the molecule is Cc1nccc2c1CCc1ccc(-c3cccc(-n4cccn4)c3)cc1-2. The van der Waals surface area contributed by atoms with E-state index in [-0.39, 0.29) is 0 Å². The molecule has 0 aliphatic heterocycles. The summed E-state index contributed by atoms with van der Waals surface area (Å²) in [5, 5.41) is 4.34. The van der Waals surface area contributed by atoms with Gasteiger partial charge in [0, 0.05) is 24.3 Å². The van der Waals surface area contributed by atoms with Crippen molar-refractivity contribution in [2.75, 3.05) is 0 Å². The van der Waals surface area contributed by atoms with Crippen LogP contribution in [0.5, 0.6) is 0 Å². The molecule has 0 saturated heterocycles. The van der Waals surface area contributed by atoms with Crippen molar-refractivity contribution in [3.05, 3.63) is 90.0 Å². The second-order valence-electron chi connectivity index (χ2n) is 6.80. The number of pyridine rings is 1. The van der Waals surface area contributed by atoms with Crippen LogP contribution in [0.15, 0.2) is 73.2 Å². The topological polar surface area (TPSA) is 30.7 Å². The van der Waals surface area contributed by atoms with E-state index in [1.165, 1.54) is 33.4 Å². The first-order valence-corrected chi connectivity index (χ1v) is 8.98. The van der Waals surface area contributed by atoms with Crippen molar-refractivity contribution in [2.45, 2.75) is 19.8 Å². The van der Waals surface area contributed by atoms with Crippen LogP contribution in [0.4, 0.5) is 0 Å². The van der Waals surface area contributed by atoms with Crippen LogP contribution in [0.25, 0.3) is 27.9 Å². The maximum Gasteiger partial charge on any atom is 0.0651 e. The van der Waals surface area contributed by atoms with Crippen molar-refractivity contribution in [3.8, 4) is 27.9 Å². The number of aryl methyl sites for hydroxylation is 2. The van der Waals surface area contributed by atoms with Crippen LogP contribution in [-0.4, -0.2) is 14.8 Å². The highest BCUT2D eigenvalue weighted by atomic mass is 15.3. The molecule has 5 rings (SSSR count). The van der Waals surface area contributed by atoms with Crippen molar-refractivity contribution in [1.82, 2.24) is 14.8 Å². The van der Waals surface area contributed by atoms with E-state index in [9.17, 15) is 0 Å². The first kappa shape index (κ1) is 15.1. The number of fused-ring (bicyclic) bond motifs is 3. The molecular formula is C23H19N3. The van der Waals surface area contributed by atoms with Gasteiger partial charge in [-0.2, -0.15) is 5.10 Å². The third kappa shape index (κ3) is 2.44. The molecule has 2 aromatic heterocycles. The molecule has 126 valence electrons. The van der Waals surface area contributed by atoms with Gasteiger partial charge in [0.15, 0.2) is 0 Å². The number of hydrogen-bond donors (Lipinski definition) is 0. The van der Waals surface area contributed by atoms with Crippen LogP contribution >= 0.6 is 0 Å². The lowest BCUT2D eigenvalue weighted by Gasteiger charge is -2.22. The summed E-state index contributed by atoms with van der Waals surface area (Å²) in [6.07, 6.45) is 7.86. The van der Waals surface area contributed by atoms with Gasteiger partial charge in [-0.15, -0.1) is 0 Å². The molecule has 4 aromatic rings. The van der Waals surface area contributed by atoms with Gasteiger partial charge >= 0.3 is 0 Å². The summed E-state index contributed by atoms with van der Waals surface area (Å²) >= 11 is 0. The summed E-state index contributed by atoms with van der Waals surface area (Å²) < 4.78 is 1.90. The summed E-state index contributed by atoms with van der Waals surface area (Å²) in [6, 6.07) is 19.5. The van der Waals surface area contributed by atoms with Crippen molar-refractivity contribution in [3.63, 3.8) is 0 Å². The van der Waals surface area contributed by atoms with Crippen molar-refractivity contribution in [2.24, 2.45) is 0 Å². The fourth-order valence-electron chi connectivity index (χ4n) is 3.90. The largest absolute Gasteiger partial charge is 0.261 e. The molecule has 2 aromatic carbocycles. The van der Waals surface area contributed by atoms with Gasteiger partial charge in [0.05, 0.1) is 5.69 Å². The minimum atomic E-state index is 1.07. The van der Waals surface area contributed by atoms with Gasteiger partial charge in [0.25, 0.3) is 0 Å². The second-order valence-corrected chi connectivity index (χ2v) is 6.80. The smallest absolute Gasteiger partial charge is 0.0651 e. The van der Waals surface area contributed by atoms with Crippen molar-refractivity contribution >= 4 is 0 Å². The average molecular weight is 337 g/mol. The molecule has 0 unspecified atom stereocenters. The summed E-state index contributed by atoms with van der Waals surface area (Å²) in [7, 11) is 0. The van der Waals surface area contributed by atoms with Crippen molar-refractivity contribution < 1.29 is 0 Å². The Bertz CT molecular complexity index is 1090. The molecule has 2 heterocycles. The first-order valence-electron chi connectivity index (χ1n) is 8.98. The maximum absolute atomic E-state index is 4.48. The molecule has 3 nitrogen and oxygen atoms in total. The van der Waals surface area contributed by atoms with E-state index in [2.05, 4.69) is 65.5 Å². The van der Waals surface area contributed by atoms with Crippen LogP contribution in [0.3, 0.4) is 0 Å². The Morgan fingerprint density at radius 2 is 1.77 bits per heavy atom. The minimum Gasteiger partial charge on any atom is -0.261 e. The molecule has 0 radical (unpaired) electrons. The molecule has 0 amide bonds. The van der Waals surface area contributed by atoms with E-state index in [0.29, 0.717) is 0 Å². The summed E-state index contributed by atoms with van der Waals surface area (Å²) in [4.78, 5) is 4.48. The highest BCUT2D eigenvalue weighted by molar-refractivity contribution is 5.79. The Labute approximate surface area is 153 Å². The number of aromatic nitrogens is 3. The van der Waals surface area contributed by atoms with E-state index in [0.717, 1.165) is 24.2 Å². The molecule has 0 fully saturated rings. The molecular weight excluding hydrogens is 318 g/mol. The van der Waals surface area contributed by atoms with E-state index in [1.807, 2.05) is 23.1 Å².